The maximum atomic E-state index is 5.53. The van der Waals surface area contributed by atoms with Crippen LogP contribution in [0.4, 0.5) is 5.95 Å². The SMILES string of the molecule is Cc1cc(OC/C=C/c2ccccc2)nc(N)n1. The second kappa shape index (κ2) is 5.82. The smallest absolute Gasteiger partial charge is 0.223 e. The zero-order valence-electron chi connectivity index (χ0n) is 10.2. The van der Waals surface area contributed by atoms with E-state index in [2.05, 4.69) is 9.97 Å². The number of hydrogen-bond acceptors (Lipinski definition) is 4. The van der Waals surface area contributed by atoms with Crippen LogP contribution in [0.2, 0.25) is 0 Å². The van der Waals surface area contributed by atoms with Gasteiger partial charge in [0.1, 0.15) is 6.61 Å². The van der Waals surface area contributed by atoms with Crippen LogP contribution in [0.5, 0.6) is 5.88 Å². The van der Waals surface area contributed by atoms with Crippen LogP contribution < -0.4 is 10.5 Å². The molecule has 0 saturated carbocycles. The molecule has 4 nitrogen and oxygen atoms in total. The Labute approximate surface area is 106 Å². The molecule has 0 bridgehead atoms. The van der Waals surface area contributed by atoms with Crippen LogP contribution in [0.15, 0.2) is 42.5 Å². The molecule has 0 aliphatic carbocycles. The van der Waals surface area contributed by atoms with Gasteiger partial charge in [-0.3, -0.25) is 0 Å². The largest absolute Gasteiger partial charge is 0.473 e. The first-order valence-corrected chi connectivity index (χ1v) is 5.69. The standard InChI is InChI=1S/C14H15N3O/c1-11-10-13(17-14(15)16-11)18-9-5-8-12-6-3-2-4-7-12/h2-8,10H,9H2,1H3,(H2,15,16,17)/b8-5+. The number of aryl methyl sites for hydroxylation is 1. The molecule has 2 rings (SSSR count). The highest BCUT2D eigenvalue weighted by Crippen LogP contribution is 2.10. The van der Waals surface area contributed by atoms with Crippen molar-refractivity contribution in [1.29, 1.82) is 0 Å². The number of anilines is 1. The first kappa shape index (κ1) is 12.1. The third-order valence-corrected chi connectivity index (χ3v) is 2.29. The van der Waals surface area contributed by atoms with Gasteiger partial charge in [0, 0.05) is 11.8 Å². The number of hydrogen-bond donors (Lipinski definition) is 1. The van der Waals surface area contributed by atoms with Gasteiger partial charge in [0.15, 0.2) is 0 Å². The lowest BCUT2D eigenvalue weighted by Gasteiger charge is -2.03. The summed E-state index contributed by atoms with van der Waals surface area (Å²) in [4.78, 5) is 7.97. The number of nitrogen functional groups attached to an aromatic ring is 1. The van der Waals surface area contributed by atoms with Crippen molar-refractivity contribution >= 4 is 12.0 Å². The topological polar surface area (TPSA) is 61.0 Å². The van der Waals surface area contributed by atoms with Crippen LogP contribution >= 0.6 is 0 Å². The molecule has 0 aliphatic rings. The highest BCUT2D eigenvalue weighted by molar-refractivity contribution is 5.48. The van der Waals surface area contributed by atoms with Gasteiger partial charge < -0.3 is 10.5 Å². The summed E-state index contributed by atoms with van der Waals surface area (Å²) in [6, 6.07) is 11.8. The maximum absolute atomic E-state index is 5.53. The molecular weight excluding hydrogens is 226 g/mol. The summed E-state index contributed by atoms with van der Waals surface area (Å²) in [7, 11) is 0. The Morgan fingerprint density at radius 1 is 1.22 bits per heavy atom. The van der Waals surface area contributed by atoms with Crippen molar-refractivity contribution in [3.05, 3.63) is 53.7 Å². The summed E-state index contributed by atoms with van der Waals surface area (Å²) < 4.78 is 5.47. The Kier molecular flexibility index (Phi) is 3.91. The average molecular weight is 241 g/mol. The second-order valence-corrected chi connectivity index (χ2v) is 3.83. The van der Waals surface area contributed by atoms with Gasteiger partial charge in [-0.2, -0.15) is 4.98 Å². The number of rotatable bonds is 4. The number of nitrogens with zero attached hydrogens (tertiary/aromatic N) is 2. The molecule has 0 radical (unpaired) electrons. The van der Waals surface area contributed by atoms with Crippen LogP contribution in [0.25, 0.3) is 6.08 Å². The molecule has 1 aromatic carbocycles. The predicted octanol–water partition coefficient (Wildman–Crippen LogP) is 2.46. The highest BCUT2D eigenvalue weighted by atomic mass is 16.5. The molecule has 2 aromatic rings. The van der Waals surface area contributed by atoms with Gasteiger partial charge in [-0.15, -0.1) is 0 Å². The first-order valence-electron chi connectivity index (χ1n) is 5.69. The van der Waals surface area contributed by atoms with Crippen molar-refractivity contribution in [1.82, 2.24) is 9.97 Å². The molecule has 0 unspecified atom stereocenters. The summed E-state index contributed by atoms with van der Waals surface area (Å²) in [5.41, 5.74) is 7.47. The summed E-state index contributed by atoms with van der Waals surface area (Å²) in [6.07, 6.45) is 3.93. The van der Waals surface area contributed by atoms with E-state index in [4.69, 9.17) is 10.5 Å². The van der Waals surface area contributed by atoms with E-state index in [1.807, 2.05) is 49.4 Å². The van der Waals surface area contributed by atoms with E-state index in [0.29, 0.717) is 12.5 Å². The summed E-state index contributed by atoms with van der Waals surface area (Å²) in [6.45, 7) is 2.30. The molecule has 92 valence electrons. The molecule has 0 aliphatic heterocycles. The lowest BCUT2D eigenvalue weighted by atomic mass is 10.2. The van der Waals surface area contributed by atoms with E-state index in [0.717, 1.165) is 11.3 Å². The molecule has 0 fully saturated rings. The molecule has 0 atom stereocenters. The van der Waals surface area contributed by atoms with E-state index < -0.39 is 0 Å². The van der Waals surface area contributed by atoms with E-state index in [9.17, 15) is 0 Å². The van der Waals surface area contributed by atoms with E-state index in [1.54, 1.807) is 6.07 Å². The van der Waals surface area contributed by atoms with Crippen molar-refractivity contribution in [2.45, 2.75) is 6.92 Å². The van der Waals surface area contributed by atoms with E-state index in [-0.39, 0.29) is 5.95 Å². The van der Waals surface area contributed by atoms with Gasteiger partial charge in [0.25, 0.3) is 0 Å². The number of nitrogens with two attached hydrogens (primary N) is 1. The molecule has 4 heteroatoms. The molecule has 2 N–H and O–H groups in total. The van der Waals surface area contributed by atoms with Gasteiger partial charge in [0.05, 0.1) is 0 Å². The molecule has 0 amide bonds. The maximum Gasteiger partial charge on any atom is 0.223 e. The Bertz CT molecular complexity index is 518. The Balaban J connectivity index is 1.90. The molecule has 0 spiro atoms. The second-order valence-electron chi connectivity index (χ2n) is 3.83. The quantitative estimate of drug-likeness (QED) is 0.893. The van der Waals surface area contributed by atoms with Crippen LogP contribution in [0.3, 0.4) is 0 Å². The monoisotopic (exact) mass is 241 g/mol. The zero-order valence-corrected chi connectivity index (χ0v) is 10.2. The van der Waals surface area contributed by atoms with Crippen molar-refractivity contribution in [3.63, 3.8) is 0 Å². The minimum absolute atomic E-state index is 0.233. The number of ether oxygens (including phenoxy) is 1. The Morgan fingerprint density at radius 3 is 2.72 bits per heavy atom. The fourth-order valence-corrected chi connectivity index (χ4v) is 1.52. The lowest BCUT2D eigenvalue weighted by Crippen LogP contribution is -2.01. The number of aromatic nitrogens is 2. The minimum atomic E-state index is 0.233. The summed E-state index contributed by atoms with van der Waals surface area (Å²) >= 11 is 0. The highest BCUT2D eigenvalue weighted by Gasteiger charge is 1.98. The van der Waals surface area contributed by atoms with Crippen molar-refractivity contribution in [2.75, 3.05) is 12.3 Å². The van der Waals surface area contributed by atoms with Gasteiger partial charge >= 0.3 is 0 Å². The number of benzene rings is 1. The molecule has 0 saturated heterocycles. The zero-order chi connectivity index (χ0) is 12.8. The predicted molar refractivity (Wildman–Crippen MR) is 72.2 cm³/mol. The minimum Gasteiger partial charge on any atom is -0.473 e. The fourth-order valence-electron chi connectivity index (χ4n) is 1.52. The molecule has 1 aromatic heterocycles. The van der Waals surface area contributed by atoms with Crippen LogP contribution in [0, 0.1) is 6.92 Å². The van der Waals surface area contributed by atoms with Crippen LogP contribution in [0.1, 0.15) is 11.3 Å². The lowest BCUT2D eigenvalue weighted by molar-refractivity contribution is 0.348. The molecular formula is C14H15N3O. The van der Waals surface area contributed by atoms with E-state index >= 15 is 0 Å². The van der Waals surface area contributed by atoms with Gasteiger partial charge in [-0.05, 0) is 18.6 Å². The third-order valence-electron chi connectivity index (χ3n) is 2.29. The van der Waals surface area contributed by atoms with E-state index in [1.165, 1.54) is 0 Å². The summed E-state index contributed by atoms with van der Waals surface area (Å²) in [5.74, 6) is 0.731. The Morgan fingerprint density at radius 2 is 2.00 bits per heavy atom. The van der Waals surface area contributed by atoms with Gasteiger partial charge in [-0.25, -0.2) is 4.98 Å². The molecule has 18 heavy (non-hydrogen) atoms. The van der Waals surface area contributed by atoms with Crippen molar-refractivity contribution < 1.29 is 4.74 Å². The third kappa shape index (κ3) is 3.59. The average Bonchev–Trinajstić information content (AvgIpc) is 2.35. The molecule has 1 heterocycles. The van der Waals surface area contributed by atoms with Crippen LogP contribution in [-0.4, -0.2) is 16.6 Å². The summed E-state index contributed by atoms with van der Waals surface area (Å²) in [5, 5.41) is 0. The van der Waals surface area contributed by atoms with Gasteiger partial charge in [0.2, 0.25) is 11.8 Å². The fraction of sp³-hybridized carbons (Fsp3) is 0.143. The Hall–Kier alpha value is -2.36. The normalized spacial score (nSPS) is 10.7. The van der Waals surface area contributed by atoms with Crippen LogP contribution in [-0.2, 0) is 0 Å². The van der Waals surface area contributed by atoms with Gasteiger partial charge in [-0.1, -0.05) is 36.4 Å². The van der Waals surface area contributed by atoms with Crippen molar-refractivity contribution in [3.8, 4) is 5.88 Å². The van der Waals surface area contributed by atoms with Crippen molar-refractivity contribution in [2.24, 2.45) is 0 Å². The first-order chi connectivity index (χ1) is 8.74.